The van der Waals surface area contributed by atoms with Gasteiger partial charge in [-0.05, 0) is 51.0 Å². The second-order valence-corrected chi connectivity index (χ2v) is 11.0. The highest BCUT2D eigenvalue weighted by atomic mass is 16.4. The first kappa shape index (κ1) is 29.1. The monoisotopic (exact) mass is 465 g/mol. The van der Waals surface area contributed by atoms with Crippen molar-refractivity contribution in [2.75, 3.05) is 13.6 Å². The smallest absolute Gasteiger partial charge is 0.331 e. The molecule has 0 bridgehead atoms. The highest BCUT2D eigenvalue weighted by molar-refractivity contribution is 5.91. The molecule has 190 valence electrons. The molecule has 1 heterocycles. The topological polar surface area (TPSA) is 90.0 Å². The van der Waals surface area contributed by atoms with Crippen molar-refractivity contribution in [3.63, 3.8) is 0 Å². The van der Waals surface area contributed by atoms with Crippen molar-refractivity contribution in [3.05, 3.63) is 11.6 Å². The molecule has 0 radical (unpaired) electrons. The highest BCUT2D eigenvalue weighted by Gasteiger charge is 2.40. The van der Waals surface area contributed by atoms with Gasteiger partial charge in [-0.1, -0.05) is 60.5 Å². The predicted octanol–water partition coefficient (Wildman–Crippen LogP) is 4.07. The Hall–Kier alpha value is -1.89. The van der Waals surface area contributed by atoms with E-state index in [-0.39, 0.29) is 35.4 Å². The summed E-state index contributed by atoms with van der Waals surface area (Å²) in [7, 11) is 1.69. The van der Waals surface area contributed by atoms with Crippen LogP contribution in [0.4, 0.5) is 0 Å². The van der Waals surface area contributed by atoms with Gasteiger partial charge in [0, 0.05) is 18.7 Å². The van der Waals surface area contributed by atoms with Gasteiger partial charge in [0.1, 0.15) is 6.04 Å². The summed E-state index contributed by atoms with van der Waals surface area (Å²) >= 11 is 0. The van der Waals surface area contributed by atoms with E-state index in [9.17, 15) is 19.5 Å². The van der Waals surface area contributed by atoms with Gasteiger partial charge >= 0.3 is 5.97 Å². The molecule has 2 N–H and O–H groups in total. The number of carbonyl (C=O) groups is 3. The number of carboxylic acids is 1. The number of hydrogen-bond donors (Lipinski definition) is 2. The first-order chi connectivity index (χ1) is 15.2. The molecule has 1 aliphatic rings. The number of amides is 2. The zero-order chi connectivity index (χ0) is 25.5. The quantitative estimate of drug-likeness (QED) is 0.475. The van der Waals surface area contributed by atoms with Gasteiger partial charge < -0.3 is 15.3 Å². The molecule has 2 unspecified atom stereocenters. The van der Waals surface area contributed by atoms with Crippen LogP contribution in [0.15, 0.2) is 11.6 Å². The summed E-state index contributed by atoms with van der Waals surface area (Å²) in [5, 5.41) is 12.4. The summed E-state index contributed by atoms with van der Waals surface area (Å²) in [6.45, 7) is 16.5. The number of aliphatic carboxylic acids is 1. The summed E-state index contributed by atoms with van der Waals surface area (Å²) in [5.41, 5.74) is -0.296. The Balaban J connectivity index is 3.16. The van der Waals surface area contributed by atoms with Crippen LogP contribution < -0.4 is 5.32 Å². The normalized spacial score (nSPS) is 20.8. The van der Waals surface area contributed by atoms with Gasteiger partial charge in [-0.15, -0.1) is 0 Å². The van der Waals surface area contributed by atoms with Crippen molar-refractivity contribution in [2.24, 2.45) is 11.3 Å². The Morgan fingerprint density at radius 3 is 2.27 bits per heavy atom. The third-order valence-electron chi connectivity index (χ3n) is 6.76. The van der Waals surface area contributed by atoms with Crippen molar-refractivity contribution >= 4 is 17.8 Å². The lowest BCUT2D eigenvalue weighted by atomic mass is 9.84. The van der Waals surface area contributed by atoms with E-state index in [4.69, 9.17) is 0 Å². The minimum atomic E-state index is -0.999. The molecular formula is C26H47N3O4. The van der Waals surface area contributed by atoms with Crippen molar-refractivity contribution in [1.29, 1.82) is 0 Å². The average Bonchev–Trinajstić information content (AvgIpc) is 2.73. The van der Waals surface area contributed by atoms with Crippen LogP contribution in [-0.4, -0.2) is 70.4 Å². The van der Waals surface area contributed by atoms with Gasteiger partial charge in [-0.25, -0.2) is 4.79 Å². The van der Waals surface area contributed by atoms with Crippen LogP contribution in [-0.2, 0) is 14.4 Å². The molecule has 0 spiro atoms. The van der Waals surface area contributed by atoms with Crippen molar-refractivity contribution in [2.45, 2.75) is 112 Å². The molecule has 4 atom stereocenters. The largest absolute Gasteiger partial charge is 0.478 e. The maximum atomic E-state index is 13.6. The Labute approximate surface area is 201 Å². The SMILES string of the molecule is CCCC(C)N1CCCCC1C(=O)N[C@H](C(=O)N(C)[C@H](/C=C(\C)C(=O)O)C(C)C)C(C)(C)C. The molecule has 0 aromatic carbocycles. The lowest BCUT2D eigenvalue weighted by molar-refractivity contribution is -0.142. The molecule has 1 saturated heterocycles. The fourth-order valence-corrected chi connectivity index (χ4v) is 4.66. The van der Waals surface area contributed by atoms with Crippen LogP contribution in [0.3, 0.4) is 0 Å². The molecule has 0 aliphatic carbocycles. The zero-order valence-electron chi connectivity index (χ0n) is 22.3. The summed E-state index contributed by atoms with van der Waals surface area (Å²) in [5.74, 6) is -1.26. The van der Waals surface area contributed by atoms with Gasteiger partial charge in [0.2, 0.25) is 11.8 Å². The molecule has 0 aromatic heterocycles. The number of carboxylic acid groups (broad SMARTS) is 1. The third-order valence-corrected chi connectivity index (χ3v) is 6.76. The maximum Gasteiger partial charge on any atom is 0.331 e. The van der Waals surface area contributed by atoms with Crippen LogP contribution in [0.1, 0.15) is 87.5 Å². The molecule has 1 aliphatic heterocycles. The van der Waals surface area contributed by atoms with Crippen molar-refractivity contribution in [3.8, 4) is 0 Å². The van der Waals surface area contributed by atoms with Crippen molar-refractivity contribution < 1.29 is 19.5 Å². The molecule has 0 aromatic rings. The van der Waals surface area contributed by atoms with E-state index in [2.05, 4.69) is 24.1 Å². The van der Waals surface area contributed by atoms with Gasteiger partial charge in [0.25, 0.3) is 0 Å². The summed E-state index contributed by atoms with van der Waals surface area (Å²) in [6.07, 6.45) is 6.64. The number of nitrogens with zero attached hydrogens (tertiary/aromatic N) is 2. The first-order valence-electron chi connectivity index (χ1n) is 12.5. The molecule has 2 amide bonds. The molecule has 1 fully saturated rings. The van der Waals surface area contributed by atoms with E-state index < -0.39 is 17.4 Å². The zero-order valence-corrected chi connectivity index (χ0v) is 22.3. The maximum absolute atomic E-state index is 13.6. The van der Waals surface area contributed by atoms with Crippen LogP contribution in [0.5, 0.6) is 0 Å². The van der Waals surface area contributed by atoms with Gasteiger partial charge in [-0.2, -0.15) is 0 Å². The fourth-order valence-electron chi connectivity index (χ4n) is 4.66. The van der Waals surface area contributed by atoms with Gasteiger partial charge in [0.05, 0.1) is 12.1 Å². The van der Waals surface area contributed by atoms with E-state index in [1.54, 1.807) is 18.0 Å². The van der Waals surface area contributed by atoms with Gasteiger partial charge in [-0.3, -0.25) is 14.5 Å². The molecule has 1 rings (SSSR count). The number of carbonyl (C=O) groups excluding carboxylic acids is 2. The average molecular weight is 466 g/mol. The molecule has 7 heteroatoms. The van der Waals surface area contributed by atoms with E-state index in [0.717, 1.165) is 38.6 Å². The summed E-state index contributed by atoms with van der Waals surface area (Å²) < 4.78 is 0. The van der Waals surface area contributed by atoms with Crippen molar-refractivity contribution in [1.82, 2.24) is 15.1 Å². The van der Waals surface area contributed by atoms with E-state index in [0.29, 0.717) is 6.04 Å². The Morgan fingerprint density at radius 2 is 1.79 bits per heavy atom. The molecular weight excluding hydrogens is 418 g/mol. The Bertz CT molecular complexity index is 711. The molecule has 7 nitrogen and oxygen atoms in total. The molecule has 33 heavy (non-hydrogen) atoms. The van der Waals surface area contributed by atoms with E-state index in [1.807, 2.05) is 34.6 Å². The minimum Gasteiger partial charge on any atom is -0.478 e. The van der Waals surface area contributed by atoms with Gasteiger partial charge in [0.15, 0.2) is 0 Å². The lowest BCUT2D eigenvalue weighted by Crippen LogP contribution is -2.60. The first-order valence-corrected chi connectivity index (χ1v) is 12.5. The number of hydrogen-bond acceptors (Lipinski definition) is 4. The van der Waals surface area contributed by atoms with Crippen LogP contribution >= 0.6 is 0 Å². The lowest BCUT2D eigenvalue weighted by Gasteiger charge is -2.41. The Kier molecular flexibility index (Phi) is 11.1. The minimum absolute atomic E-state index is 0.0216. The summed E-state index contributed by atoms with van der Waals surface area (Å²) in [6, 6.07) is -0.989. The van der Waals surface area contributed by atoms with Crippen LogP contribution in [0.25, 0.3) is 0 Å². The Morgan fingerprint density at radius 1 is 1.18 bits per heavy atom. The van der Waals surface area contributed by atoms with E-state index >= 15 is 0 Å². The standard InChI is InChI=1S/C26H47N3O4/c1-10-13-19(5)29-15-12-11-14-20(29)23(30)27-22(26(6,7)8)24(31)28(9)21(17(2)3)16-18(4)25(32)33/h16-17,19-22H,10-15H2,1-9H3,(H,27,30)(H,32,33)/b18-16+/t19?,20?,21-,22-/m1/s1. The highest BCUT2D eigenvalue weighted by Crippen LogP contribution is 2.26. The van der Waals surface area contributed by atoms with Crippen LogP contribution in [0.2, 0.25) is 0 Å². The summed E-state index contributed by atoms with van der Waals surface area (Å²) in [4.78, 5) is 42.4. The molecule has 0 saturated carbocycles. The number of rotatable bonds is 10. The van der Waals surface area contributed by atoms with Crippen LogP contribution in [0, 0.1) is 11.3 Å². The fraction of sp³-hybridized carbons (Fsp3) is 0.808. The number of nitrogens with one attached hydrogen (secondary N) is 1. The second-order valence-electron chi connectivity index (χ2n) is 11.0. The predicted molar refractivity (Wildman–Crippen MR) is 133 cm³/mol. The second kappa shape index (κ2) is 12.5. The number of likely N-dealkylation sites (N-methyl/N-ethyl adjacent to an activating group) is 1. The number of likely N-dealkylation sites (tertiary alicyclic amines) is 1. The third kappa shape index (κ3) is 8.13. The van der Waals surface area contributed by atoms with E-state index in [1.165, 1.54) is 6.92 Å². The number of piperidine rings is 1.